The normalized spacial score (nSPS) is 35.7. The van der Waals surface area contributed by atoms with E-state index in [1.54, 1.807) is 0 Å². The summed E-state index contributed by atoms with van der Waals surface area (Å²) in [5.74, 6) is 0.226. The summed E-state index contributed by atoms with van der Waals surface area (Å²) in [5, 5.41) is 9.66. The van der Waals surface area contributed by atoms with Crippen molar-refractivity contribution in [2.24, 2.45) is 5.92 Å². The molecule has 0 radical (unpaired) electrons. The van der Waals surface area contributed by atoms with Gasteiger partial charge in [-0.3, -0.25) is 4.79 Å². The van der Waals surface area contributed by atoms with E-state index in [1.165, 1.54) is 0 Å². The standard InChI is InChI=1S/C11H19NO3/c1-7(2)11(14)12-8-3-10(13)4-9(12)6-15-5-8/h7-10,13H,3-6H2,1-2H3. The second-order valence-electron chi connectivity index (χ2n) is 4.87. The molecule has 2 bridgehead atoms. The van der Waals surface area contributed by atoms with Crippen molar-refractivity contribution in [1.82, 2.24) is 4.90 Å². The average molecular weight is 213 g/mol. The monoisotopic (exact) mass is 213 g/mol. The maximum atomic E-state index is 12.0. The third kappa shape index (κ3) is 2.01. The highest BCUT2D eigenvalue weighted by atomic mass is 16.5. The van der Waals surface area contributed by atoms with Crippen molar-refractivity contribution >= 4 is 5.91 Å². The third-order valence-corrected chi connectivity index (χ3v) is 3.24. The number of carbonyl (C=O) groups excluding carboxylic acids is 1. The average Bonchev–Trinajstić information content (AvgIpc) is 2.15. The van der Waals surface area contributed by atoms with Crippen molar-refractivity contribution in [3.8, 4) is 0 Å². The molecule has 0 aromatic heterocycles. The van der Waals surface area contributed by atoms with Gasteiger partial charge in [0, 0.05) is 5.92 Å². The molecule has 4 nitrogen and oxygen atoms in total. The molecule has 2 fully saturated rings. The van der Waals surface area contributed by atoms with E-state index in [9.17, 15) is 9.90 Å². The zero-order chi connectivity index (χ0) is 11.0. The van der Waals surface area contributed by atoms with Gasteiger partial charge in [0.1, 0.15) is 0 Å². The highest BCUT2D eigenvalue weighted by Gasteiger charge is 2.41. The number of carbonyl (C=O) groups is 1. The number of fused-ring (bicyclic) bond motifs is 2. The van der Waals surface area contributed by atoms with Crippen molar-refractivity contribution < 1.29 is 14.6 Å². The van der Waals surface area contributed by atoms with Gasteiger partial charge < -0.3 is 14.7 Å². The lowest BCUT2D eigenvalue weighted by Crippen LogP contribution is -2.60. The molecule has 2 unspecified atom stereocenters. The number of aliphatic hydroxyl groups excluding tert-OH is 1. The van der Waals surface area contributed by atoms with E-state index in [0.717, 1.165) is 0 Å². The minimum absolute atomic E-state index is 0.0309. The Bertz CT molecular complexity index is 240. The van der Waals surface area contributed by atoms with Gasteiger partial charge in [0.2, 0.25) is 5.91 Å². The van der Waals surface area contributed by atoms with Crippen LogP contribution >= 0.6 is 0 Å². The summed E-state index contributed by atoms with van der Waals surface area (Å²) in [5.41, 5.74) is 0. The summed E-state index contributed by atoms with van der Waals surface area (Å²) in [6, 6.07) is 0.171. The molecule has 2 aliphatic heterocycles. The van der Waals surface area contributed by atoms with Crippen molar-refractivity contribution in [2.75, 3.05) is 13.2 Å². The Morgan fingerprint density at radius 2 is 1.87 bits per heavy atom. The molecule has 2 atom stereocenters. The van der Waals surface area contributed by atoms with Gasteiger partial charge >= 0.3 is 0 Å². The molecule has 0 aromatic carbocycles. The first kappa shape index (κ1) is 10.9. The minimum atomic E-state index is -0.264. The number of morpholine rings is 1. The van der Waals surface area contributed by atoms with Crippen LogP contribution in [0.3, 0.4) is 0 Å². The van der Waals surface area contributed by atoms with Gasteiger partial charge in [-0.25, -0.2) is 0 Å². The fraction of sp³-hybridized carbons (Fsp3) is 0.909. The molecule has 1 amide bonds. The second-order valence-corrected chi connectivity index (χ2v) is 4.87. The molecule has 0 spiro atoms. The summed E-state index contributed by atoms with van der Waals surface area (Å²) in [7, 11) is 0. The van der Waals surface area contributed by atoms with Gasteiger partial charge in [0.15, 0.2) is 0 Å². The van der Waals surface area contributed by atoms with Crippen molar-refractivity contribution in [1.29, 1.82) is 0 Å². The van der Waals surface area contributed by atoms with Crippen LogP contribution in [0.15, 0.2) is 0 Å². The summed E-state index contributed by atoms with van der Waals surface area (Å²) in [6.07, 6.45) is 1.06. The minimum Gasteiger partial charge on any atom is -0.393 e. The van der Waals surface area contributed by atoms with Crippen molar-refractivity contribution in [2.45, 2.75) is 44.9 Å². The number of nitrogens with zero attached hydrogens (tertiary/aromatic N) is 1. The number of hydrogen-bond donors (Lipinski definition) is 1. The Morgan fingerprint density at radius 1 is 1.33 bits per heavy atom. The first-order chi connectivity index (χ1) is 7.09. The van der Waals surface area contributed by atoms with Crippen LogP contribution in [-0.4, -0.2) is 47.3 Å². The number of ether oxygens (including phenoxy) is 1. The molecule has 0 aliphatic carbocycles. The van der Waals surface area contributed by atoms with Crippen LogP contribution in [0.5, 0.6) is 0 Å². The van der Waals surface area contributed by atoms with E-state index in [-0.39, 0.29) is 30.0 Å². The Balaban J connectivity index is 2.14. The van der Waals surface area contributed by atoms with E-state index >= 15 is 0 Å². The molecule has 1 N–H and O–H groups in total. The maximum absolute atomic E-state index is 12.0. The lowest BCUT2D eigenvalue weighted by Gasteiger charge is -2.48. The van der Waals surface area contributed by atoms with Gasteiger partial charge in [-0.05, 0) is 12.8 Å². The summed E-state index contributed by atoms with van der Waals surface area (Å²) in [6.45, 7) is 4.99. The van der Waals surface area contributed by atoms with Crippen LogP contribution in [-0.2, 0) is 9.53 Å². The number of piperidine rings is 1. The smallest absolute Gasteiger partial charge is 0.225 e. The fourth-order valence-electron chi connectivity index (χ4n) is 2.54. The first-order valence-corrected chi connectivity index (χ1v) is 5.67. The van der Waals surface area contributed by atoms with Crippen LogP contribution in [0, 0.1) is 5.92 Å². The largest absolute Gasteiger partial charge is 0.393 e. The van der Waals surface area contributed by atoms with E-state index in [1.807, 2.05) is 18.7 Å². The highest BCUT2D eigenvalue weighted by molar-refractivity contribution is 5.79. The van der Waals surface area contributed by atoms with Crippen molar-refractivity contribution in [3.63, 3.8) is 0 Å². The van der Waals surface area contributed by atoms with Crippen LogP contribution in [0.25, 0.3) is 0 Å². The zero-order valence-electron chi connectivity index (χ0n) is 9.35. The first-order valence-electron chi connectivity index (χ1n) is 5.67. The quantitative estimate of drug-likeness (QED) is 0.685. The molecule has 2 saturated heterocycles. The molecule has 0 aromatic rings. The summed E-state index contributed by atoms with van der Waals surface area (Å²) in [4.78, 5) is 14.0. The van der Waals surface area contributed by atoms with Crippen LogP contribution in [0.1, 0.15) is 26.7 Å². The second kappa shape index (κ2) is 4.10. The highest BCUT2D eigenvalue weighted by Crippen LogP contribution is 2.28. The van der Waals surface area contributed by atoms with E-state index in [2.05, 4.69) is 0 Å². The third-order valence-electron chi connectivity index (χ3n) is 3.24. The summed E-state index contributed by atoms with van der Waals surface area (Å²) >= 11 is 0. The molecule has 86 valence electrons. The fourth-order valence-corrected chi connectivity index (χ4v) is 2.54. The van der Waals surface area contributed by atoms with Crippen molar-refractivity contribution in [3.05, 3.63) is 0 Å². The molecular weight excluding hydrogens is 194 g/mol. The van der Waals surface area contributed by atoms with Crippen LogP contribution in [0.4, 0.5) is 0 Å². The van der Waals surface area contributed by atoms with E-state index in [0.29, 0.717) is 26.1 Å². The Hall–Kier alpha value is -0.610. The number of amides is 1. The topological polar surface area (TPSA) is 49.8 Å². The predicted octanol–water partition coefficient (Wildman–Crippen LogP) is 0.393. The Kier molecular flexibility index (Phi) is 2.98. The number of hydrogen-bond acceptors (Lipinski definition) is 3. The molecule has 0 saturated carbocycles. The van der Waals surface area contributed by atoms with E-state index in [4.69, 9.17) is 4.74 Å². The van der Waals surface area contributed by atoms with E-state index < -0.39 is 0 Å². The van der Waals surface area contributed by atoms with Gasteiger partial charge in [-0.2, -0.15) is 0 Å². The Morgan fingerprint density at radius 3 is 2.33 bits per heavy atom. The SMILES string of the molecule is CC(C)C(=O)N1C2COCC1CC(O)C2. The molecule has 2 aliphatic rings. The Labute approximate surface area is 90.2 Å². The summed E-state index contributed by atoms with van der Waals surface area (Å²) < 4.78 is 5.44. The van der Waals surface area contributed by atoms with Gasteiger partial charge in [0.05, 0.1) is 31.4 Å². The molecule has 2 rings (SSSR count). The molecular formula is C11H19NO3. The number of rotatable bonds is 1. The van der Waals surface area contributed by atoms with Crippen LogP contribution < -0.4 is 0 Å². The van der Waals surface area contributed by atoms with Gasteiger partial charge in [-0.15, -0.1) is 0 Å². The van der Waals surface area contributed by atoms with Crippen LogP contribution in [0.2, 0.25) is 0 Å². The number of aliphatic hydroxyl groups is 1. The predicted molar refractivity (Wildman–Crippen MR) is 55.3 cm³/mol. The molecule has 15 heavy (non-hydrogen) atoms. The molecule has 4 heteroatoms. The van der Waals surface area contributed by atoms with Gasteiger partial charge in [0.25, 0.3) is 0 Å². The molecule has 2 heterocycles. The lowest BCUT2D eigenvalue weighted by atomic mass is 9.91. The van der Waals surface area contributed by atoms with Gasteiger partial charge in [-0.1, -0.05) is 13.8 Å². The maximum Gasteiger partial charge on any atom is 0.225 e. The lowest BCUT2D eigenvalue weighted by molar-refractivity contribution is -0.159. The zero-order valence-corrected chi connectivity index (χ0v) is 9.35.